The first-order valence-corrected chi connectivity index (χ1v) is 9.43. The zero-order valence-electron chi connectivity index (χ0n) is 14.3. The van der Waals surface area contributed by atoms with E-state index >= 15 is 0 Å². The van der Waals surface area contributed by atoms with Crippen molar-refractivity contribution in [1.29, 1.82) is 0 Å². The van der Waals surface area contributed by atoms with Crippen LogP contribution in [0.15, 0.2) is 64.9 Å². The second kappa shape index (κ2) is 7.48. The fraction of sp³-hybridized carbons (Fsp3) is 0.211. The van der Waals surface area contributed by atoms with Crippen molar-refractivity contribution in [1.82, 2.24) is 14.6 Å². The highest BCUT2D eigenvalue weighted by atomic mass is 32.2. The Morgan fingerprint density at radius 1 is 1.11 bits per heavy atom. The molecule has 0 spiro atoms. The van der Waals surface area contributed by atoms with Crippen molar-refractivity contribution >= 4 is 34.4 Å². The van der Waals surface area contributed by atoms with Gasteiger partial charge in [-0.1, -0.05) is 54.2 Å². The minimum atomic E-state index is -2.72. The average molecular weight is 386 g/mol. The van der Waals surface area contributed by atoms with Crippen molar-refractivity contribution in [3.05, 3.63) is 60.2 Å². The Balaban J connectivity index is 1.48. The molecule has 1 aliphatic rings. The number of para-hydroxylation sites is 2. The lowest BCUT2D eigenvalue weighted by Gasteiger charge is -2.11. The Morgan fingerprint density at radius 3 is 2.63 bits per heavy atom. The number of hydrogen-bond acceptors (Lipinski definition) is 4. The van der Waals surface area contributed by atoms with Gasteiger partial charge in [-0.3, -0.25) is 9.36 Å². The van der Waals surface area contributed by atoms with Gasteiger partial charge in [0.1, 0.15) is 0 Å². The molecule has 4 rings (SSSR count). The fourth-order valence-corrected chi connectivity index (χ4v) is 3.87. The smallest absolute Gasteiger partial charge is 0.272 e. The number of amides is 1. The number of thioether (sulfide) groups is 1. The molecule has 0 atom stereocenters. The van der Waals surface area contributed by atoms with E-state index in [1.165, 1.54) is 5.01 Å². The van der Waals surface area contributed by atoms with Crippen LogP contribution in [0.1, 0.15) is 18.5 Å². The summed E-state index contributed by atoms with van der Waals surface area (Å²) >= 11 is 1.00. The summed E-state index contributed by atoms with van der Waals surface area (Å²) in [4.78, 5) is 16.7. The normalized spacial score (nSPS) is 14.2. The molecule has 1 aromatic heterocycles. The Morgan fingerprint density at radius 2 is 1.85 bits per heavy atom. The predicted molar refractivity (Wildman–Crippen MR) is 101 cm³/mol. The molecule has 0 bridgehead atoms. The van der Waals surface area contributed by atoms with Gasteiger partial charge in [0.2, 0.25) is 0 Å². The van der Waals surface area contributed by atoms with Gasteiger partial charge in [-0.25, -0.2) is 9.99 Å². The van der Waals surface area contributed by atoms with Crippen LogP contribution in [0.25, 0.3) is 11.0 Å². The minimum absolute atomic E-state index is 0.00160. The first-order valence-electron chi connectivity index (χ1n) is 8.44. The second-order valence-electron chi connectivity index (χ2n) is 6.00. The summed E-state index contributed by atoms with van der Waals surface area (Å²) in [5.74, 6) is -0.222. The maximum atomic E-state index is 13.4. The highest BCUT2D eigenvalue weighted by Crippen LogP contribution is 2.29. The van der Waals surface area contributed by atoms with Gasteiger partial charge in [0, 0.05) is 6.42 Å². The Kier molecular flexibility index (Phi) is 4.89. The lowest BCUT2D eigenvalue weighted by atomic mass is 10.1. The third-order valence-corrected chi connectivity index (χ3v) is 5.22. The monoisotopic (exact) mass is 386 g/mol. The maximum Gasteiger partial charge on any atom is 0.321 e. The highest BCUT2D eigenvalue weighted by molar-refractivity contribution is 7.99. The van der Waals surface area contributed by atoms with Crippen LogP contribution >= 0.6 is 11.8 Å². The molecule has 0 saturated carbocycles. The molecular formula is C19H16F2N4OS. The molecule has 2 heterocycles. The number of hydrogen-bond donors (Lipinski definition) is 0. The van der Waals surface area contributed by atoms with E-state index in [9.17, 15) is 13.6 Å². The van der Waals surface area contributed by atoms with E-state index in [0.29, 0.717) is 24.0 Å². The molecule has 0 aliphatic carbocycles. The van der Waals surface area contributed by atoms with Gasteiger partial charge < -0.3 is 0 Å². The molecule has 0 saturated heterocycles. The van der Waals surface area contributed by atoms with Crippen LogP contribution in [-0.4, -0.2) is 38.5 Å². The predicted octanol–water partition coefficient (Wildman–Crippen LogP) is 4.16. The number of rotatable bonds is 5. The molecule has 138 valence electrons. The van der Waals surface area contributed by atoms with E-state index in [1.807, 2.05) is 30.3 Å². The number of carbonyl (C=O) groups is 1. The van der Waals surface area contributed by atoms with Crippen LogP contribution in [0.2, 0.25) is 0 Å². The number of fused-ring (bicyclic) bond motifs is 1. The number of halogens is 2. The van der Waals surface area contributed by atoms with Crippen LogP contribution in [0.5, 0.6) is 0 Å². The summed E-state index contributed by atoms with van der Waals surface area (Å²) in [5, 5.41) is 5.92. The van der Waals surface area contributed by atoms with Crippen LogP contribution < -0.4 is 0 Å². The fourth-order valence-electron chi connectivity index (χ4n) is 2.98. The first kappa shape index (κ1) is 17.7. The quantitative estimate of drug-likeness (QED) is 0.619. The molecule has 0 fully saturated rings. The summed E-state index contributed by atoms with van der Waals surface area (Å²) in [6.45, 7) is -2.22. The largest absolute Gasteiger partial charge is 0.321 e. The minimum Gasteiger partial charge on any atom is -0.272 e. The number of nitrogens with zero attached hydrogens (tertiary/aromatic N) is 4. The van der Waals surface area contributed by atoms with E-state index in [1.54, 1.807) is 24.3 Å². The average Bonchev–Trinajstić information content (AvgIpc) is 3.31. The lowest BCUT2D eigenvalue weighted by molar-refractivity contribution is -0.127. The van der Waals surface area contributed by atoms with Crippen LogP contribution in [0.3, 0.4) is 0 Å². The van der Waals surface area contributed by atoms with Gasteiger partial charge in [0.25, 0.3) is 5.91 Å². The van der Waals surface area contributed by atoms with Crippen molar-refractivity contribution in [2.24, 2.45) is 5.10 Å². The number of aromatic nitrogens is 2. The van der Waals surface area contributed by atoms with Gasteiger partial charge in [0.05, 0.1) is 29.0 Å². The Labute approximate surface area is 158 Å². The summed E-state index contributed by atoms with van der Waals surface area (Å²) < 4.78 is 27.8. The first-order chi connectivity index (χ1) is 13.1. The molecule has 0 unspecified atom stereocenters. The summed E-state index contributed by atoms with van der Waals surface area (Å²) in [5.41, 5.74) is 2.68. The number of carbonyl (C=O) groups excluding carboxylic acids is 1. The van der Waals surface area contributed by atoms with Crippen molar-refractivity contribution in [2.45, 2.75) is 18.1 Å². The molecule has 27 heavy (non-hydrogen) atoms. The Bertz CT molecular complexity index is 1000. The Hall–Kier alpha value is -2.74. The van der Waals surface area contributed by atoms with Gasteiger partial charge >= 0.3 is 6.55 Å². The van der Waals surface area contributed by atoms with Crippen LogP contribution in [-0.2, 0) is 4.79 Å². The van der Waals surface area contributed by atoms with E-state index in [2.05, 4.69) is 10.1 Å². The number of hydrazone groups is 1. The van der Waals surface area contributed by atoms with Crippen molar-refractivity contribution in [3.8, 4) is 0 Å². The molecule has 2 aromatic carbocycles. The summed E-state index contributed by atoms with van der Waals surface area (Å²) in [7, 11) is 0. The third kappa shape index (κ3) is 3.57. The summed E-state index contributed by atoms with van der Waals surface area (Å²) in [6.07, 6.45) is 0.677. The number of alkyl halides is 2. The van der Waals surface area contributed by atoms with E-state index < -0.39 is 6.55 Å². The molecule has 1 amide bonds. The van der Waals surface area contributed by atoms with Gasteiger partial charge in [-0.05, 0) is 17.7 Å². The highest BCUT2D eigenvalue weighted by Gasteiger charge is 2.23. The summed E-state index contributed by atoms with van der Waals surface area (Å²) in [6, 6.07) is 16.4. The SMILES string of the molecule is O=C(CSc1nc2ccccc2n1C(F)F)N1CCC(c2ccccc2)=N1. The number of imidazole rings is 1. The van der Waals surface area contributed by atoms with E-state index in [4.69, 9.17) is 0 Å². The second-order valence-corrected chi connectivity index (χ2v) is 6.94. The van der Waals surface area contributed by atoms with Gasteiger partial charge in [-0.2, -0.15) is 13.9 Å². The van der Waals surface area contributed by atoms with Gasteiger partial charge in [0.15, 0.2) is 5.16 Å². The molecule has 0 N–H and O–H groups in total. The van der Waals surface area contributed by atoms with Gasteiger partial charge in [-0.15, -0.1) is 0 Å². The topological polar surface area (TPSA) is 50.5 Å². The van der Waals surface area contributed by atoms with E-state index in [-0.39, 0.29) is 16.8 Å². The van der Waals surface area contributed by atoms with Crippen molar-refractivity contribution in [3.63, 3.8) is 0 Å². The molecule has 8 heteroatoms. The van der Waals surface area contributed by atoms with Crippen molar-refractivity contribution in [2.75, 3.05) is 12.3 Å². The molecular weight excluding hydrogens is 370 g/mol. The zero-order chi connectivity index (χ0) is 18.8. The zero-order valence-corrected chi connectivity index (χ0v) is 15.1. The molecule has 0 radical (unpaired) electrons. The lowest BCUT2D eigenvalue weighted by Crippen LogP contribution is -2.25. The molecule has 5 nitrogen and oxygen atoms in total. The maximum absolute atomic E-state index is 13.4. The molecule has 3 aromatic rings. The van der Waals surface area contributed by atoms with E-state index in [0.717, 1.165) is 27.6 Å². The number of benzene rings is 2. The van der Waals surface area contributed by atoms with Crippen LogP contribution in [0.4, 0.5) is 8.78 Å². The standard InChI is InChI=1S/C19H16F2N4OS/c20-18(21)25-16-9-5-4-8-15(16)22-19(25)27-12-17(26)24-11-10-14(23-24)13-6-2-1-3-7-13/h1-9,18H,10-12H2. The third-order valence-electron chi connectivity index (χ3n) is 4.28. The van der Waals surface area contributed by atoms with Crippen molar-refractivity contribution < 1.29 is 13.6 Å². The van der Waals surface area contributed by atoms with Crippen LogP contribution in [0, 0.1) is 0 Å². The molecule has 1 aliphatic heterocycles.